The predicted molar refractivity (Wildman–Crippen MR) is 49.2 cm³/mol. The molecule has 0 aromatic rings. The van der Waals surface area contributed by atoms with E-state index in [1.54, 1.807) is 6.20 Å². The van der Waals surface area contributed by atoms with E-state index < -0.39 is 0 Å². The summed E-state index contributed by atoms with van der Waals surface area (Å²) < 4.78 is 0. The monoisotopic (exact) mass is 184 g/mol. The quantitative estimate of drug-likeness (QED) is 0.659. The summed E-state index contributed by atoms with van der Waals surface area (Å²) in [7, 11) is 0. The van der Waals surface area contributed by atoms with Crippen molar-refractivity contribution in [3.05, 3.63) is 12.4 Å². The Hall–Kier alpha value is -1.19. The van der Waals surface area contributed by atoms with Gasteiger partial charge in [-0.05, 0) is 6.42 Å². The normalized spacial score (nSPS) is 15.2. The molecular weight excluding hydrogens is 168 g/mol. The van der Waals surface area contributed by atoms with Crippen molar-refractivity contribution in [2.45, 2.75) is 26.7 Å². The second-order valence-electron chi connectivity index (χ2n) is 3.11. The highest BCUT2D eigenvalue weighted by atomic mass is 16.7. The number of hydrogen-bond acceptors (Lipinski definition) is 4. The van der Waals surface area contributed by atoms with Crippen LogP contribution in [-0.4, -0.2) is 29.1 Å². The molecule has 0 saturated heterocycles. The molecule has 1 rings (SSSR count). The Kier molecular flexibility index (Phi) is 3.61. The second-order valence-corrected chi connectivity index (χ2v) is 3.11. The molecule has 0 aliphatic carbocycles. The molecule has 0 N–H and O–H groups in total. The van der Waals surface area contributed by atoms with Gasteiger partial charge in [-0.2, -0.15) is 5.06 Å². The predicted octanol–water partition coefficient (Wildman–Crippen LogP) is 1.31. The Morgan fingerprint density at radius 2 is 2.31 bits per heavy atom. The van der Waals surface area contributed by atoms with Crippen molar-refractivity contribution < 1.29 is 9.63 Å². The van der Waals surface area contributed by atoms with Crippen LogP contribution in [0.3, 0.4) is 0 Å². The van der Waals surface area contributed by atoms with E-state index in [-0.39, 0.29) is 5.97 Å². The van der Waals surface area contributed by atoms with Gasteiger partial charge in [0.15, 0.2) is 0 Å². The van der Waals surface area contributed by atoms with E-state index in [0.29, 0.717) is 6.67 Å². The zero-order chi connectivity index (χ0) is 9.68. The van der Waals surface area contributed by atoms with Crippen LogP contribution in [0.5, 0.6) is 0 Å². The Labute approximate surface area is 78.7 Å². The Morgan fingerprint density at radius 3 is 2.92 bits per heavy atom. The van der Waals surface area contributed by atoms with Crippen molar-refractivity contribution in [2.24, 2.45) is 0 Å². The average molecular weight is 184 g/mol. The zero-order valence-corrected chi connectivity index (χ0v) is 8.19. The third-order valence-corrected chi connectivity index (χ3v) is 1.81. The summed E-state index contributed by atoms with van der Waals surface area (Å²) in [5.41, 5.74) is 0. The molecule has 0 aromatic heterocycles. The fraction of sp³-hybridized carbons (Fsp3) is 0.667. The highest BCUT2D eigenvalue weighted by molar-refractivity contribution is 5.65. The van der Waals surface area contributed by atoms with Gasteiger partial charge in [0.2, 0.25) is 0 Å². The van der Waals surface area contributed by atoms with Crippen LogP contribution in [0.2, 0.25) is 0 Å². The first-order chi connectivity index (χ1) is 6.22. The Balaban J connectivity index is 2.21. The fourth-order valence-electron chi connectivity index (χ4n) is 1.17. The molecule has 13 heavy (non-hydrogen) atoms. The van der Waals surface area contributed by atoms with Crippen molar-refractivity contribution in [3.63, 3.8) is 0 Å². The molecule has 0 aromatic carbocycles. The van der Waals surface area contributed by atoms with Gasteiger partial charge in [-0.25, -0.2) is 0 Å². The van der Waals surface area contributed by atoms with Gasteiger partial charge >= 0.3 is 5.97 Å². The number of hydroxylamine groups is 2. The fourth-order valence-corrected chi connectivity index (χ4v) is 1.17. The third-order valence-electron chi connectivity index (χ3n) is 1.81. The molecular formula is C9H16N2O2. The minimum Gasteiger partial charge on any atom is -0.356 e. The summed E-state index contributed by atoms with van der Waals surface area (Å²) in [5, 5.41) is 1.54. The van der Waals surface area contributed by atoms with Crippen LogP contribution < -0.4 is 0 Å². The van der Waals surface area contributed by atoms with Crippen molar-refractivity contribution in [2.75, 3.05) is 13.2 Å². The first-order valence-electron chi connectivity index (χ1n) is 4.60. The average Bonchev–Trinajstić information content (AvgIpc) is 2.48. The van der Waals surface area contributed by atoms with Gasteiger partial charge < -0.3 is 9.74 Å². The van der Waals surface area contributed by atoms with E-state index in [1.807, 2.05) is 6.20 Å². The number of hydrogen-bond donors (Lipinski definition) is 0. The lowest BCUT2D eigenvalue weighted by atomic mass is 10.3. The van der Waals surface area contributed by atoms with E-state index in [4.69, 9.17) is 4.84 Å². The van der Waals surface area contributed by atoms with Crippen molar-refractivity contribution in [3.8, 4) is 0 Å². The Morgan fingerprint density at radius 1 is 1.54 bits per heavy atom. The standard InChI is InChI=1S/C9H16N2O2/c1-3-4-5-10-6-7-11(8-10)13-9(2)12/h6-7H,3-5,8H2,1-2H3. The van der Waals surface area contributed by atoms with E-state index in [0.717, 1.165) is 13.0 Å². The molecule has 0 saturated carbocycles. The van der Waals surface area contributed by atoms with Crippen LogP contribution in [0.4, 0.5) is 0 Å². The molecule has 0 bridgehead atoms. The maximum absolute atomic E-state index is 10.6. The number of carbonyl (C=O) groups excluding carboxylic acids is 1. The van der Waals surface area contributed by atoms with Gasteiger partial charge in [0.1, 0.15) is 6.67 Å². The van der Waals surface area contributed by atoms with Gasteiger partial charge in [-0.3, -0.25) is 4.79 Å². The highest BCUT2D eigenvalue weighted by Crippen LogP contribution is 2.08. The van der Waals surface area contributed by atoms with Crippen LogP contribution in [0, 0.1) is 0 Å². The van der Waals surface area contributed by atoms with Crippen molar-refractivity contribution in [1.29, 1.82) is 0 Å². The Bertz CT molecular complexity index is 204. The summed E-state index contributed by atoms with van der Waals surface area (Å²) in [6, 6.07) is 0. The summed E-state index contributed by atoms with van der Waals surface area (Å²) in [5.74, 6) is -0.276. The molecule has 0 amide bonds. The van der Waals surface area contributed by atoms with Gasteiger partial charge in [-0.15, -0.1) is 0 Å². The minimum absolute atomic E-state index is 0.276. The molecule has 0 unspecified atom stereocenters. The smallest absolute Gasteiger partial charge is 0.329 e. The lowest BCUT2D eigenvalue weighted by molar-refractivity contribution is -0.177. The molecule has 0 radical (unpaired) electrons. The number of carbonyl (C=O) groups is 1. The van der Waals surface area contributed by atoms with Gasteiger partial charge in [0, 0.05) is 19.7 Å². The van der Waals surface area contributed by atoms with E-state index in [1.165, 1.54) is 18.4 Å². The van der Waals surface area contributed by atoms with Gasteiger partial charge in [0.25, 0.3) is 0 Å². The molecule has 4 nitrogen and oxygen atoms in total. The number of nitrogens with zero attached hydrogens (tertiary/aromatic N) is 2. The zero-order valence-electron chi connectivity index (χ0n) is 8.19. The SMILES string of the molecule is CCCCN1C=CN(OC(C)=O)C1. The summed E-state index contributed by atoms with van der Waals surface area (Å²) >= 11 is 0. The molecule has 0 atom stereocenters. The molecule has 1 heterocycles. The minimum atomic E-state index is -0.276. The first kappa shape index (κ1) is 9.89. The van der Waals surface area contributed by atoms with Crippen LogP contribution in [0.15, 0.2) is 12.4 Å². The van der Waals surface area contributed by atoms with Gasteiger partial charge in [0.05, 0.1) is 6.20 Å². The summed E-state index contributed by atoms with van der Waals surface area (Å²) in [6.07, 6.45) is 6.06. The van der Waals surface area contributed by atoms with Gasteiger partial charge in [-0.1, -0.05) is 13.3 Å². The topological polar surface area (TPSA) is 32.8 Å². The largest absolute Gasteiger partial charge is 0.356 e. The van der Waals surface area contributed by atoms with Crippen molar-refractivity contribution in [1.82, 2.24) is 9.96 Å². The van der Waals surface area contributed by atoms with Crippen LogP contribution in [0.1, 0.15) is 26.7 Å². The number of unbranched alkanes of at least 4 members (excludes halogenated alkanes) is 1. The molecule has 0 spiro atoms. The van der Waals surface area contributed by atoms with E-state index in [2.05, 4.69) is 11.8 Å². The molecule has 0 fully saturated rings. The maximum Gasteiger partial charge on any atom is 0.329 e. The van der Waals surface area contributed by atoms with E-state index >= 15 is 0 Å². The van der Waals surface area contributed by atoms with Crippen LogP contribution >= 0.6 is 0 Å². The molecule has 1 aliphatic heterocycles. The summed E-state index contributed by atoms with van der Waals surface area (Å²) in [4.78, 5) is 17.6. The van der Waals surface area contributed by atoms with Crippen molar-refractivity contribution >= 4 is 5.97 Å². The molecule has 1 aliphatic rings. The van der Waals surface area contributed by atoms with E-state index in [9.17, 15) is 4.79 Å². The maximum atomic E-state index is 10.6. The highest BCUT2D eigenvalue weighted by Gasteiger charge is 2.13. The second kappa shape index (κ2) is 4.74. The van der Waals surface area contributed by atoms with Crippen LogP contribution in [0.25, 0.3) is 0 Å². The molecule has 74 valence electrons. The number of rotatable bonds is 4. The summed E-state index contributed by atoms with van der Waals surface area (Å²) in [6.45, 7) is 5.23. The lowest BCUT2D eigenvalue weighted by Gasteiger charge is -2.19. The molecule has 4 heteroatoms. The first-order valence-corrected chi connectivity index (χ1v) is 4.60. The third kappa shape index (κ3) is 3.36. The lowest BCUT2D eigenvalue weighted by Crippen LogP contribution is -2.27. The van der Waals surface area contributed by atoms with Crippen LogP contribution in [-0.2, 0) is 9.63 Å².